The van der Waals surface area contributed by atoms with Gasteiger partial charge in [-0.15, -0.1) is 0 Å². The highest BCUT2D eigenvalue weighted by Crippen LogP contribution is 2.27. The van der Waals surface area contributed by atoms with Gasteiger partial charge in [-0.05, 0) is 36.5 Å². The van der Waals surface area contributed by atoms with Crippen molar-refractivity contribution < 1.29 is 0 Å². The molecule has 1 heteroatoms. The van der Waals surface area contributed by atoms with Gasteiger partial charge in [-0.2, -0.15) is 0 Å². The van der Waals surface area contributed by atoms with E-state index in [0.29, 0.717) is 0 Å². The molecule has 102 valence electrons. The van der Waals surface area contributed by atoms with E-state index in [0.717, 1.165) is 5.92 Å². The number of aromatic nitrogens is 1. The van der Waals surface area contributed by atoms with Crippen LogP contribution in [0.2, 0.25) is 0 Å². The molecule has 0 aromatic carbocycles. The van der Waals surface area contributed by atoms with Crippen LogP contribution in [0.25, 0.3) is 0 Å². The monoisotopic (exact) mass is 247 g/mol. The zero-order valence-corrected chi connectivity index (χ0v) is 12.2. The first kappa shape index (κ1) is 15.2. The number of hydrogen-bond acceptors (Lipinski definition) is 1. The van der Waals surface area contributed by atoms with Gasteiger partial charge in [0, 0.05) is 12.4 Å². The fraction of sp³-hybridized carbons (Fsp3) is 0.706. The van der Waals surface area contributed by atoms with Gasteiger partial charge in [-0.1, -0.05) is 58.8 Å². The second-order valence-electron chi connectivity index (χ2n) is 5.32. The van der Waals surface area contributed by atoms with Gasteiger partial charge in [0.25, 0.3) is 0 Å². The van der Waals surface area contributed by atoms with Crippen LogP contribution >= 0.6 is 0 Å². The van der Waals surface area contributed by atoms with E-state index >= 15 is 0 Å². The third-order valence-electron chi connectivity index (χ3n) is 3.74. The lowest BCUT2D eigenvalue weighted by Gasteiger charge is -2.16. The minimum absolute atomic E-state index is 0.759. The summed E-state index contributed by atoms with van der Waals surface area (Å²) in [6.45, 7) is 4.56. The lowest BCUT2D eigenvalue weighted by atomic mass is 9.89. The largest absolute Gasteiger partial charge is 0.265 e. The number of pyridine rings is 1. The summed E-state index contributed by atoms with van der Waals surface area (Å²) in [7, 11) is 0. The summed E-state index contributed by atoms with van der Waals surface area (Å²) in [6, 6.07) is 4.40. The van der Waals surface area contributed by atoms with Crippen LogP contribution in [0.5, 0.6) is 0 Å². The third kappa shape index (κ3) is 6.18. The van der Waals surface area contributed by atoms with Crippen molar-refractivity contribution in [3.8, 4) is 0 Å². The van der Waals surface area contributed by atoms with Gasteiger partial charge in [0.15, 0.2) is 0 Å². The van der Waals surface area contributed by atoms with E-state index in [9.17, 15) is 0 Å². The Hall–Kier alpha value is -0.850. The van der Waals surface area contributed by atoms with Crippen LogP contribution in [-0.4, -0.2) is 4.98 Å². The van der Waals surface area contributed by atoms with Crippen molar-refractivity contribution in [2.75, 3.05) is 0 Å². The Bertz CT molecular complexity index is 281. The summed E-state index contributed by atoms with van der Waals surface area (Å²) in [5, 5.41) is 0. The molecule has 1 rings (SSSR count). The molecule has 0 aliphatic heterocycles. The second kappa shape index (κ2) is 10.1. The summed E-state index contributed by atoms with van der Waals surface area (Å²) in [5.41, 5.74) is 1.49. The zero-order valence-electron chi connectivity index (χ0n) is 12.2. The maximum Gasteiger partial charge on any atom is 0.0270 e. The van der Waals surface area contributed by atoms with Crippen LogP contribution in [0.1, 0.15) is 83.1 Å². The topological polar surface area (TPSA) is 12.9 Å². The maximum atomic E-state index is 4.13. The van der Waals surface area contributed by atoms with Crippen LogP contribution in [0.4, 0.5) is 0 Å². The molecular weight excluding hydrogens is 218 g/mol. The van der Waals surface area contributed by atoms with Crippen molar-refractivity contribution >= 4 is 0 Å². The summed E-state index contributed by atoms with van der Waals surface area (Å²) < 4.78 is 0. The molecular formula is C17H29N. The number of unbranched alkanes of at least 4 members (excludes halogenated alkanes) is 5. The minimum Gasteiger partial charge on any atom is -0.265 e. The van der Waals surface area contributed by atoms with E-state index in [1.807, 2.05) is 12.4 Å². The fourth-order valence-electron chi connectivity index (χ4n) is 2.56. The molecule has 0 radical (unpaired) electrons. The second-order valence-corrected chi connectivity index (χ2v) is 5.32. The first-order chi connectivity index (χ1) is 8.88. The molecule has 18 heavy (non-hydrogen) atoms. The first-order valence-corrected chi connectivity index (χ1v) is 7.78. The SMILES string of the molecule is CCCCCCCC(CCCC)c1ccncc1. The Labute approximate surface area is 113 Å². The van der Waals surface area contributed by atoms with E-state index < -0.39 is 0 Å². The van der Waals surface area contributed by atoms with Crippen LogP contribution in [0, 0.1) is 0 Å². The first-order valence-electron chi connectivity index (χ1n) is 7.78. The molecule has 0 N–H and O–H groups in total. The average Bonchev–Trinajstić information content (AvgIpc) is 2.43. The van der Waals surface area contributed by atoms with Gasteiger partial charge < -0.3 is 0 Å². The third-order valence-corrected chi connectivity index (χ3v) is 3.74. The standard InChI is InChI=1S/C17H29N/c1-3-5-7-8-9-11-16(10-6-4-2)17-12-14-18-15-13-17/h12-16H,3-11H2,1-2H3. The van der Waals surface area contributed by atoms with Crippen LogP contribution in [0.3, 0.4) is 0 Å². The lowest BCUT2D eigenvalue weighted by molar-refractivity contribution is 0.504. The molecule has 0 amide bonds. The molecule has 1 nitrogen and oxygen atoms in total. The summed E-state index contributed by atoms with van der Waals surface area (Å²) in [4.78, 5) is 4.13. The van der Waals surface area contributed by atoms with Crippen molar-refractivity contribution in [1.82, 2.24) is 4.98 Å². The Morgan fingerprint density at radius 1 is 0.833 bits per heavy atom. The van der Waals surface area contributed by atoms with E-state index in [1.54, 1.807) is 0 Å². The van der Waals surface area contributed by atoms with Crippen molar-refractivity contribution in [3.05, 3.63) is 30.1 Å². The highest BCUT2D eigenvalue weighted by atomic mass is 14.6. The van der Waals surface area contributed by atoms with Gasteiger partial charge in [-0.25, -0.2) is 0 Å². The average molecular weight is 247 g/mol. The molecule has 1 atom stereocenters. The van der Waals surface area contributed by atoms with E-state index in [2.05, 4.69) is 31.0 Å². The predicted molar refractivity (Wildman–Crippen MR) is 79.9 cm³/mol. The number of hydrogen-bond donors (Lipinski definition) is 0. The molecule has 1 heterocycles. The quantitative estimate of drug-likeness (QED) is 0.482. The molecule has 0 fully saturated rings. The fourth-order valence-corrected chi connectivity index (χ4v) is 2.56. The molecule has 0 aliphatic carbocycles. The Kier molecular flexibility index (Phi) is 8.54. The van der Waals surface area contributed by atoms with Gasteiger partial charge >= 0.3 is 0 Å². The minimum atomic E-state index is 0.759. The Morgan fingerprint density at radius 2 is 1.44 bits per heavy atom. The summed E-state index contributed by atoms with van der Waals surface area (Å²) in [5.74, 6) is 0.759. The van der Waals surface area contributed by atoms with E-state index in [1.165, 1.54) is 63.4 Å². The van der Waals surface area contributed by atoms with E-state index in [4.69, 9.17) is 0 Å². The van der Waals surface area contributed by atoms with Crippen LogP contribution < -0.4 is 0 Å². The molecule has 1 aromatic rings. The van der Waals surface area contributed by atoms with Crippen molar-refractivity contribution in [3.63, 3.8) is 0 Å². The van der Waals surface area contributed by atoms with Gasteiger partial charge in [0.1, 0.15) is 0 Å². The Balaban J connectivity index is 2.36. The molecule has 0 aliphatic rings. The van der Waals surface area contributed by atoms with Crippen molar-refractivity contribution in [1.29, 1.82) is 0 Å². The van der Waals surface area contributed by atoms with Crippen LogP contribution in [0.15, 0.2) is 24.5 Å². The molecule has 0 bridgehead atoms. The van der Waals surface area contributed by atoms with Crippen molar-refractivity contribution in [2.24, 2.45) is 0 Å². The van der Waals surface area contributed by atoms with E-state index in [-0.39, 0.29) is 0 Å². The summed E-state index contributed by atoms with van der Waals surface area (Å²) >= 11 is 0. The highest BCUT2D eigenvalue weighted by molar-refractivity contribution is 5.15. The molecule has 0 spiro atoms. The van der Waals surface area contributed by atoms with Crippen molar-refractivity contribution in [2.45, 2.75) is 77.6 Å². The summed E-state index contributed by atoms with van der Waals surface area (Å²) in [6.07, 6.45) is 16.2. The molecule has 1 aromatic heterocycles. The van der Waals surface area contributed by atoms with Gasteiger partial charge in [0.2, 0.25) is 0 Å². The molecule has 1 unspecified atom stereocenters. The molecule has 0 saturated heterocycles. The molecule has 0 saturated carbocycles. The highest BCUT2D eigenvalue weighted by Gasteiger charge is 2.10. The zero-order chi connectivity index (χ0) is 13.1. The Morgan fingerprint density at radius 3 is 2.11 bits per heavy atom. The smallest absolute Gasteiger partial charge is 0.0270 e. The predicted octanol–water partition coefficient (Wildman–Crippen LogP) is 5.72. The number of rotatable bonds is 10. The maximum absolute atomic E-state index is 4.13. The number of nitrogens with zero attached hydrogens (tertiary/aromatic N) is 1. The van der Waals surface area contributed by atoms with Gasteiger partial charge in [0.05, 0.1) is 0 Å². The van der Waals surface area contributed by atoms with Crippen LogP contribution in [-0.2, 0) is 0 Å². The van der Waals surface area contributed by atoms with Gasteiger partial charge in [-0.3, -0.25) is 4.98 Å². The normalized spacial score (nSPS) is 12.6. The lowest BCUT2D eigenvalue weighted by Crippen LogP contribution is -1.99.